The summed E-state index contributed by atoms with van der Waals surface area (Å²) < 4.78 is 29.0. The molecule has 7 nitrogen and oxygen atoms in total. The van der Waals surface area contributed by atoms with Crippen LogP contribution < -0.4 is 15.6 Å². The van der Waals surface area contributed by atoms with Crippen LogP contribution >= 0.6 is 31.9 Å². The quantitative estimate of drug-likeness (QED) is 0.594. The summed E-state index contributed by atoms with van der Waals surface area (Å²) in [6.07, 6.45) is -0.912. The van der Waals surface area contributed by atoms with Crippen LogP contribution in [0.4, 0.5) is 4.79 Å². The summed E-state index contributed by atoms with van der Waals surface area (Å²) in [6, 6.07) is 3.86. The number of carbonyl (C=O) groups excluding carboxylic acids is 1. The molecule has 26 heavy (non-hydrogen) atoms. The van der Waals surface area contributed by atoms with Gasteiger partial charge in [0.15, 0.2) is 0 Å². The fraction of sp³-hybridized carbons (Fsp3) is 0.562. The predicted octanol–water partition coefficient (Wildman–Crippen LogP) is 1.55. The molecule has 0 aromatic heterocycles. The molecule has 0 bridgehead atoms. The highest BCUT2D eigenvalue weighted by molar-refractivity contribution is 9.11. The Hall–Kier alpha value is -0.520. The molecule has 1 heterocycles. The minimum absolute atomic E-state index is 0.0819. The fourth-order valence-corrected chi connectivity index (χ4v) is 6.47. The molecule has 0 aliphatic carbocycles. The topological polar surface area (TPSA) is 112 Å². The summed E-state index contributed by atoms with van der Waals surface area (Å²) in [4.78, 5) is 12.1. The van der Waals surface area contributed by atoms with Crippen molar-refractivity contribution in [2.75, 3.05) is 13.1 Å². The number of likely N-dealkylation sites (tertiary alicyclic amines) is 1. The summed E-state index contributed by atoms with van der Waals surface area (Å²) in [6.45, 7) is 5.61. The molecule has 3 N–H and O–H groups in total. The van der Waals surface area contributed by atoms with Crippen LogP contribution in [0.25, 0.3) is 0 Å². The Balaban J connectivity index is 2.37. The largest absolute Gasteiger partial charge is 0.498 e. The Labute approximate surface area is 170 Å². The van der Waals surface area contributed by atoms with E-state index in [0.29, 0.717) is 15.4 Å². The summed E-state index contributed by atoms with van der Waals surface area (Å²) >= 11 is 6.52. The average molecular weight is 513 g/mol. The Bertz CT molecular complexity index is 810. The van der Waals surface area contributed by atoms with Crippen LogP contribution in [0.2, 0.25) is 0 Å². The van der Waals surface area contributed by atoms with E-state index >= 15 is 0 Å². The number of quaternary nitrogens is 1. The van der Waals surface area contributed by atoms with Crippen molar-refractivity contribution in [3.05, 3.63) is 27.1 Å². The van der Waals surface area contributed by atoms with E-state index in [9.17, 15) is 18.3 Å². The van der Waals surface area contributed by atoms with E-state index in [-0.39, 0.29) is 22.5 Å². The molecule has 1 fully saturated rings. The smallest absolute Gasteiger partial charge is 0.258 e. The summed E-state index contributed by atoms with van der Waals surface area (Å²) in [7, 11) is -3.84. The summed E-state index contributed by atoms with van der Waals surface area (Å²) in [5.74, 6) is 0. The molecule has 1 saturated heterocycles. The standard InChI is InChI=1S/C16H23Br2N3O4S/c1-16(2,3)21(15(22)23)9-11(7-12(21)8-19)20-26(24,25)14-6-10(17)4-5-13(14)18/h4-6,11-12,20H,7-9,19H2,1-3H3/t11-,12-,21?/m1/s1. The molecular weight excluding hydrogens is 490 g/mol. The summed E-state index contributed by atoms with van der Waals surface area (Å²) in [5, 5.41) is 12.0. The highest BCUT2D eigenvalue weighted by atomic mass is 79.9. The first-order valence-electron chi connectivity index (χ1n) is 8.12. The van der Waals surface area contributed by atoms with Crippen molar-refractivity contribution < 1.29 is 22.8 Å². The Morgan fingerprint density at radius 2 is 2.00 bits per heavy atom. The number of carboxylic acid groups (broad SMARTS) is 1. The van der Waals surface area contributed by atoms with Gasteiger partial charge in [0.25, 0.3) is 6.09 Å². The third-order valence-electron chi connectivity index (χ3n) is 4.99. The van der Waals surface area contributed by atoms with Crippen molar-refractivity contribution in [1.29, 1.82) is 0 Å². The van der Waals surface area contributed by atoms with Crippen molar-refractivity contribution in [2.24, 2.45) is 5.73 Å². The van der Waals surface area contributed by atoms with Crippen LogP contribution in [-0.4, -0.2) is 49.7 Å². The number of rotatable bonds is 4. The molecular formula is C16H23Br2N3O4S. The Morgan fingerprint density at radius 3 is 2.46 bits per heavy atom. The number of nitrogens with two attached hydrogens (primary N) is 1. The molecule has 0 saturated carbocycles. The summed E-state index contributed by atoms with van der Waals surface area (Å²) in [5.41, 5.74) is 5.15. The normalized spacial score (nSPS) is 26.8. The molecule has 1 aromatic rings. The predicted molar refractivity (Wildman–Crippen MR) is 104 cm³/mol. The van der Waals surface area contributed by atoms with Gasteiger partial charge >= 0.3 is 0 Å². The van der Waals surface area contributed by atoms with Gasteiger partial charge in [-0.3, -0.25) is 4.48 Å². The van der Waals surface area contributed by atoms with E-state index in [2.05, 4.69) is 36.6 Å². The Morgan fingerprint density at radius 1 is 1.38 bits per heavy atom. The molecule has 146 valence electrons. The lowest BCUT2D eigenvalue weighted by atomic mass is 10.00. The van der Waals surface area contributed by atoms with Crippen molar-refractivity contribution in [3.63, 3.8) is 0 Å². The van der Waals surface area contributed by atoms with Crippen molar-refractivity contribution in [2.45, 2.75) is 49.7 Å². The maximum absolute atomic E-state index is 12.8. The van der Waals surface area contributed by atoms with Crippen molar-refractivity contribution in [3.8, 4) is 0 Å². The molecule has 3 atom stereocenters. The van der Waals surface area contributed by atoms with Gasteiger partial charge in [-0.05, 0) is 54.9 Å². The van der Waals surface area contributed by atoms with Crippen LogP contribution in [0.5, 0.6) is 0 Å². The second-order valence-corrected chi connectivity index (χ2v) is 11.0. The third-order valence-corrected chi connectivity index (χ3v) is 8.00. The molecule has 1 unspecified atom stereocenters. The zero-order valence-corrected chi connectivity index (χ0v) is 18.8. The minimum Gasteiger partial charge on any atom is -0.498 e. The molecule has 0 radical (unpaired) electrons. The molecule has 1 aliphatic heterocycles. The molecule has 2 rings (SSSR count). The molecule has 10 heteroatoms. The molecule has 1 aliphatic rings. The van der Waals surface area contributed by atoms with E-state index < -0.39 is 33.7 Å². The first-order valence-corrected chi connectivity index (χ1v) is 11.2. The van der Waals surface area contributed by atoms with E-state index in [4.69, 9.17) is 5.73 Å². The van der Waals surface area contributed by atoms with E-state index in [1.54, 1.807) is 32.9 Å². The number of carbonyl (C=O) groups is 1. The van der Waals surface area contributed by atoms with Gasteiger partial charge in [0.1, 0.15) is 12.6 Å². The van der Waals surface area contributed by atoms with Crippen LogP contribution in [0.1, 0.15) is 27.2 Å². The maximum atomic E-state index is 12.8. The number of sulfonamides is 1. The fourth-order valence-electron chi connectivity index (χ4n) is 3.73. The maximum Gasteiger partial charge on any atom is 0.258 e. The lowest BCUT2D eigenvalue weighted by molar-refractivity contribution is -0.929. The first-order chi connectivity index (χ1) is 11.8. The van der Waals surface area contributed by atoms with Crippen molar-refractivity contribution >= 4 is 48.0 Å². The van der Waals surface area contributed by atoms with Crippen molar-refractivity contribution in [1.82, 2.24) is 4.72 Å². The second-order valence-electron chi connectivity index (χ2n) is 7.51. The minimum atomic E-state index is -3.84. The van der Waals surface area contributed by atoms with Crippen LogP contribution in [0.15, 0.2) is 32.0 Å². The van der Waals surface area contributed by atoms with Gasteiger partial charge in [0.2, 0.25) is 10.0 Å². The van der Waals surface area contributed by atoms with Gasteiger partial charge in [-0.25, -0.2) is 13.1 Å². The highest BCUT2D eigenvalue weighted by Crippen LogP contribution is 2.37. The van der Waals surface area contributed by atoms with Crippen LogP contribution in [0.3, 0.4) is 0 Å². The number of hydrogen-bond donors (Lipinski definition) is 2. The highest BCUT2D eigenvalue weighted by Gasteiger charge is 2.55. The number of nitrogens with zero attached hydrogens (tertiary/aromatic N) is 1. The van der Waals surface area contributed by atoms with Gasteiger partial charge in [-0.15, -0.1) is 0 Å². The Kier molecular flexibility index (Phi) is 6.26. The van der Waals surface area contributed by atoms with Gasteiger partial charge in [-0.2, -0.15) is 0 Å². The zero-order valence-electron chi connectivity index (χ0n) is 14.8. The second kappa shape index (κ2) is 7.48. The molecule has 0 spiro atoms. The number of amides is 1. The lowest BCUT2D eigenvalue weighted by Crippen LogP contribution is -2.71. The van der Waals surface area contributed by atoms with E-state index in [1.807, 2.05) is 0 Å². The number of nitrogens with one attached hydrogen (secondary N) is 1. The number of hydrogen-bond acceptors (Lipinski definition) is 5. The van der Waals surface area contributed by atoms with Gasteiger partial charge in [0.05, 0.1) is 16.5 Å². The van der Waals surface area contributed by atoms with Gasteiger partial charge in [0, 0.05) is 21.9 Å². The van der Waals surface area contributed by atoms with Crippen LogP contribution in [-0.2, 0) is 10.0 Å². The van der Waals surface area contributed by atoms with Crippen LogP contribution in [0, 0.1) is 0 Å². The monoisotopic (exact) mass is 511 g/mol. The number of halogens is 2. The van der Waals surface area contributed by atoms with Gasteiger partial charge < -0.3 is 15.6 Å². The van der Waals surface area contributed by atoms with E-state index in [0.717, 1.165) is 0 Å². The first kappa shape index (κ1) is 21.8. The molecule has 1 amide bonds. The number of benzene rings is 1. The van der Waals surface area contributed by atoms with Gasteiger partial charge in [-0.1, -0.05) is 15.9 Å². The molecule has 1 aromatic carbocycles. The average Bonchev–Trinajstić information content (AvgIpc) is 2.88. The van der Waals surface area contributed by atoms with E-state index in [1.165, 1.54) is 6.07 Å². The lowest BCUT2D eigenvalue weighted by Gasteiger charge is -2.49. The SMILES string of the molecule is CC(C)(C)[N+]1(C(=O)[O-])C[C@H](NS(=O)(=O)c2cc(Br)ccc2Br)C[C@@H]1CN. The zero-order chi connectivity index (χ0) is 19.9. The third kappa shape index (κ3) is 3.85.